The molecule has 0 fully saturated rings. The van der Waals surface area contributed by atoms with Crippen molar-refractivity contribution >= 4 is 0 Å². The molecule has 0 atom stereocenters. The van der Waals surface area contributed by atoms with Crippen LogP contribution in [0.3, 0.4) is 0 Å². The number of rotatable bonds is 8. The first-order chi connectivity index (χ1) is 6.83. The summed E-state index contributed by atoms with van der Waals surface area (Å²) in [6.07, 6.45) is 2.28. The van der Waals surface area contributed by atoms with Gasteiger partial charge < -0.3 is 20.3 Å². The Kier molecular flexibility index (Phi) is 21.6. The fraction of sp³-hybridized carbons (Fsp3) is 1.00. The lowest BCUT2D eigenvalue weighted by atomic mass is 10.5. The van der Waals surface area contributed by atoms with Crippen molar-refractivity contribution in [2.75, 3.05) is 39.5 Å². The zero-order chi connectivity index (χ0) is 11.1. The Morgan fingerprint density at radius 2 is 1.36 bits per heavy atom. The van der Waals surface area contributed by atoms with Gasteiger partial charge in [-0.25, -0.2) is 0 Å². The molecule has 0 aromatic rings. The van der Waals surface area contributed by atoms with Crippen molar-refractivity contribution in [2.24, 2.45) is 0 Å². The van der Waals surface area contributed by atoms with Gasteiger partial charge in [0.15, 0.2) is 0 Å². The van der Waals surface area contributed by atoms with E-state index >= 15 is 0 Å². The number of nitrogens with one attached hydrogen (secondary N) is 1. The average molecular weight is 207 g/mol. The van der Waals surface area contributed by atoms with Crippen LogP contribution in [-0.4, -0.2) is 49.7 Å². The second kappa shape index (κ2) is 18.6. The SMILES string of the molecule is CCCOCCC.OCCNCCO. The van der Waals surface area contributed by atoms with E-state index in [-0.39, 0.29) is 13.2 Å². The number of hydrogen-bond donors (Lipinski definition) is 3. The van der Waals surface area contributed by atoms with Crippen molar-refractivity contribution in [3.05, 3.63) is 0 Å². The Morgan fingerprint density at radius 3 is 1.64 bits per heavy atom. The predicted molar refractivity (Wildman–Crippen MR) is 58.4 cm³/mol. The maximum absolute atomic E-state index is 8.15. The van der Waals surface area contributed by atoms with Gasteiger partial charge >= 0.3 is 0 Å². The lowest BCUT2D eigenvalue weighted by Crippen LogP contribution is -2.21. The Bertz CT molecular complexity index is 63.8. The molecule has 88 valence electrons. The maximum Gasteiger partial charge on any atom is 0.0555 e. The third-order valence-corrected chi connectivity index (χ3v) is 1.27. The maximum atomic E-state index is 8.15. The molecule has 0 aliphatic carbocycles. The van der Waals surface area contributed by atoms with E-state index in [1.807, 2.05) is 0 Å². The van der Waals surface area contributed by atoms with Gasteiger partial charge in [0.25, 0.3) is 0 Å². The van der Waals surface area contributed by atoms with Crippen LogP contribution in [0.4, 0.5) is 0 Å². The highest BCUT2D eigenvalue weighted by molar-refractivity contribution is 4.39. The van der Waals surface area contributed by atoms with Crippen molar-refractivity contribution < 1.29 is 14.9 Å². The molecule has 0 saturated heterocycles. The summed E-state index contributed by atoms with van der Waals surface area (Å²) in [5, 5.41) is 19.1. The second-order valence-corrected chi connectivity index (χ2v) is 2.81. The van der Waals surface area contributed by atoms with Crippen LogP contribution in [0.1, 0.15) is 26.7 Å². The number of hydrogen-bond acceptors (Lipinski definition) is 4. The third kappa shape index (κ3) is 22.6. The van der Waals surface area contributed by atoms with Gasteiger partial charge in [0.2, 0.25) is 0 Å². The fourth-order valence-corrected chi connectivity index (χ4v) is 0.674. The fourth-order valence-electron chi connectivity index (χ4n) is 0.674. The summed E-state index contributed by atoms with van der Waals surface area (Å²) in [4.78, 5) is 0. The van der Waals surface area contributed by atoms with Crippen LogP contribution in [0.15, 0.2) is 0 Å². The zero-order valence-electron chi connectivity index (χ0n) is 9.46. The van der Waals surface area contributed by atoms with Crippen molar-refractivity contribution in [1.82, 2.24) is 5.32 Å². The van der Waals surface area contributed by atoms with Crippen molar-refractivity contribution in [3.8, 4) is 0 Å². The summed E-state index contributed by atoms with van der Waals surface area (Å²) < 4.78 is 5.13. The second-order valence-electron chi connectivity index (χ2n) is 2.81. The average Bonchev–Trinajstić information content (AvgIpc) is 2.21. The van der Waals surface area contributed by atoms with Crippen molar-refractivity contribution in [3.63, 3.8) is 0 Å². The first-order valence-corrected chi connectivity index (χ1v) is 5.33. The highest BCUT2D eigenvalue weighted by Crippen LogP contribution is 1.81. The van der Waals surface area contributed by atoms with Gasteiger partial charge in [-0.15, -0.1) is 0 Å². The molecule has 14 heavy (non-hydrogen) atoms. The lowest BCUT2D eigenvalue weighted by molar-refractivity contribution is 0.135. The van der Waals surface area contributed by atoms with Gasteiger partial charge in [0.1, 0.15) is 0 Å². The molecular weight excluding hydrogens is 182 g/mol. The lowest BCUT2D eigenvalue weighted by Gasteiger charge is -1.95. The van der Waals surface area contributed by atoms with E-state index in [0.717, 1.165) is 26.1 Å². The molecule has 0 unspecified atom stereocenters. The minimum atomic E-state index is 0.139. The molecule has 4 heteroatoms. The molecule has 0 aliphatic heterocycles. The molecule has 0 rings (SSSR count). The summed E-state index contributed by atoms with van der Waals surface area (Å²) >= 11 is 0. The van der Waals surface area contributed by atoms with E-state index < -0.39 is 0 Å². The van der Waals surface area contributed by atoms with Gasteiger partial charge in [0.05, 0.1) is 13.2 Å². The Balaban J connectivity index is 0. The summed E-state index contributed by atoms with van der Waals surface area (Å²) in [6.45, 7) is 7.51. The molecular formula is C10H25NO3. The van der Waals surface area contributed by atoms with Crippen molar-refractivity contribution in [2.45, 2.75) is 26.7 Å². The van der Waals surface area contributed by atoms with Crippen LogP contribution in [-0.2, 0) is 4.74 Å². The van der Waals surface area contributed by atoms with Crippen molar-refractivity contribution in [1.29, 1.82) is 0 Å². The number of ether oxygens (including phenoxy) is 1. The molecule has 0 heterocycles. The largest absolute Gasteiger partial charge is 0.395 e. The monoisotopic (exact) mass is 207 g/mol. The zero-order valence-corrected chi connectivity index (χ0v) is 9.46. The van der Waals surface area contributed by atoms with E-state index in [4.69, 9.17) is 14.9 Å². The quantitative estimate of drug-likeness (QED) is 0.504. The van der Waals surface area contributed by atoms with Gasteiger partial charge in [-0.2, -0.15) is 0 Å². The van der Waals surface area contributed by atoms with E-state index in [1.54, 1.807) is 0 Å². The standard InChI is InChI=1S/C6H14O.C4H11NO2/c1-3-5-7-6-4-2;6-3-1-5-2-4-7/h3-6H2,1-2H3;5-7H,1-4H2. The van der Waals surface area contributed by atoms with Crippen LogP contribution in [0, 0.1) is 0 Å². The van der Waals surface area contributed by atoms with Crippen LogP contribution in [0.25, 0.3) is 0 Å². The minimum Gasteiger partial charge on any atom is -0.395 e. The molecule has 0 aliphatic rings. The summed E-state index contributed by atoms with van der Waals surface area (Å²) in [7, 11) is 0. The third-order valence-electron chi connectivity index (χ3n) is 1.27. The van der Waals surface area contributed by atoms with Gasteiger partial charge in [-0.1, -0.05) is 13.8 Å². The summed E-state index contributed by atoms with van der Waals surface area (Å²) in [5.74, 6) is 0. The van der Waals surface area contributed by atoms with Crippen LogP contribution in [0.5, 0.6) is 0 Å². The number of aliphatic hydroxyl groups is 2. The molecule has 0 aromatic heterocycles. The Morgan fingerprint density at radius 1 is 0.929 bits per heavy atom. The van der Waals surface area contributed by atoms with Crippen LogP contribution >= 0.6 is 0 Å². The molecule has 0 bridgehead atoms. The van der Waals surface area contributed by atoms with Crippen LogP contribution < -0.4 is 5.32 Å². The first-order valence-electron chi connectivity index (χ1n) is 5.33. The number of aliphatic hydroxyl groups excluding tert-OH is 2. The van der Waals surface area contributed by atoms with Gasteiger partial charge in [-0.3, -0.25) is 0 Å². The van der Waals surface area contributed by atoms with E-state index in [0.29, 0.717) is 13.1 Å². The van der Waals surface area contributed by atoms with E-state index in [2.05, 4.69) is 19.2 Å². The highest BCUT2D eigenvalue weighted by atomic mass is 16.5. The summed E-state index contributed by atoms with van der Waals surface area (Å²) in [6, 6.07) is 0. The smallest absolute Gasteiger partial charge is 0.0555 e. The van der Waals surface area contributed by atoms with E-state index in [9.17, 15) is 0 Å². The van der Waals surface area contributed by atoms with Gasteiger partial charge in [-0.05, 0) is 12.8 Å². The minimum absolute atomic E-state index is 0.139. The van der Waals surface area contributed by atoms with Crippen LogP contribution in [0.2, 0.25) is 0 Å². The first kappa shape index (κ1) is 16.3. The predicted octanol–water partition coefficient (Wildman–Crippen LogP) is 0.384. The molecule has 0 amide bonds. The highest BCUT2D eigenvalue weighted by Gasteiger charge is 1.78. The van der Waals surface area contributed by atoms with Gasteiger partial charge in [0, 0.05) is 26.3 Å². The normalized spacial score (nSPS) is 9.43. The van der Waals surface area contributed by atoms with E-state index in [1.165, 1.54) is 0 Å². The summed E-state index contributed by atoms with van der Waals surface area (Å²) in [5.41, 5.74) is 0. The Labute approximate surface area is 87.3 Å². The molecule has 0 aromatic carbocycles. The topological polar surface area (TPSA) is 61.7 Å². The Hall–Kier alpha value is -0.160. The molecule has 3 N–H and O–H groups in total. The molecule has 4 nitrogen and oxygen atoms in total. The molecule has 0 spiro atoms. The molecule has 0 saturated carbocycles. The molecule has 0 radical (unpaired) electrons.